The van der Waals surface area contributed by atoms with Crippen molar-refractivity contribution in [1.29, 1.82) is 0 Å². The lowest BCUT2D eigenvalue weighted by Gasteiger charge is -2.35. The largest absolute Gasteiger partial charge is 0.374 e. The minimum Gasteiger partial charge on any atom is -0.374 e. The van der Waals surface area contributed by atoms with Gasteiger partial charge in [0, 0.05) is 13.1 Å². The van der Waals surface area contributed by atoms with Gasteiger partial charge in [0.2, 0.25) is 0 Å². The van der Waals surface area contributed by atoms with E-state index in [2.05, 4.69) is 17.3 Å². The summed E-state index contributed by atoms with van der Waals surface area (Å²) in [6, 6.07) is 6.72. The summed E-state index contributed by atoms with van der Waals surface area (Å²) in [5.41, 5.74) is 1.06. The Balaban J connectivity index is 2.12. The lowest BCUT2D eigenvalue weighted by Crippen LogP contribution is -2.46. The van der Waals surface area contributed by atoms with Crippen LogP contribution in [0.4, 0.5) is 4.39 Å². The van der Waals surface area contributed by atoms with E-state index in [1.54, 1.807) is 0 Å². The number of benzene rings is 1. The second-order valence-corrected chi connectivity index (χ2v) is 4.49. The van der Waals surface area contributed by atoms with Crippen LogP contribution in [0.25, 0.3) is 0 Å². The summed E-state index contributed by atoms with van der Waals surface area (Å²) in [6.07, 6.45) is 0.115. The third-order valence-electron chi connectivity index (χ3n) is 3.21. The number of nitrogens with zero attached hydrogens (tertiary/aromatic N) is 1. The Morgan fingerprint density at radius 1 is 1.41 bits per heavy atom. The van der Waals surface area contributed by atoms with Crippen LogP contribution in [-0.4, -0.2) is 44.8 Å². The van der Waals surface area contributed by atoms with Gasteiger partial charge < -0.3 is 15.0 Å². The SMILES string of the molecule is CNC(c1ccc(F)cc1)C1CN(C)CCO1. The molecule has 0 aromatic heterocycles. The summed E-state index contributed by atoms with van der Waals surface area (Å²) in [4.78, 5) is 2.25. The van der Waals surface area contributed by atoms with E-state index in [1.165, 1.54) is 12.1 Å². The Kier molecular flexibility index (Phi) is 4.10. The van der Waals surface area contributed by atoms with Crippen LogP contribution in [-0.2, 0) is 4.74 Å². The molecule has 1 fully saturated rings. The number of nitrogens with one attached hydrogen (secondary N) is 1. The van der Waals surface area contributed by atoms with Crippen LogP contribution in [0.15, 0.2) is 24.3 Å². The van der Waals surface area contributed by atoms with E-state index in [0.717, 1.165) is 25.3 Å². The number of rotatable bonds is 3. The highest BCUT2D eigenvalue weighted by atomic mass is 19.1. The van der Waals surface area contributed by atoms with Crippen molar-refractivity contribution in [2.45, 2.75) is 12.1 Å². The summed E-state index contributed by atoms with van der Waals surface area (Å²) in [5, 5.41) is 3.25. The smallest absolute Gasteiger partial charge is 0.123 e. The highest BCUT2D eigenvalue weighted by Gasteiger charge is 2.26. The summed E-state index contributed by atoms with van der Waals surface area (Å²) < 4.78 is 18.7. The van der Waals surface area contributed by atoms with E-state index in [-0.39, 0.29) is 18.0 Å². The molecule has 3 nitrogen and oxygen atoms in total. The molecule has 1 N–H and O–H groups in total. The predicted molar refractivity (Wildman–Crippen MR) is 65.4 cm³/mol. The minimum absolute atomic E-state index is 0.110. The summed E-state index contributed by atoms with van der Waals surface area (Å²) in [6.45, 7) is 2.61. The molecular weight excluding hydrogens is 219 g/mol. The molecule has 2 unspecified atom stereocenters. The van der Waals surface area contributed by atoms with Gasteiger partial charge in [-0.1, -0.05) is 12.1 Å². The Morgan fingerprint density at radius 3 is 2.71 bits per heavy atom. The lowest BCUT2D eigenvalue weighted by atomic mass is 10.0. The van der Waals surface area contributed by atoms with E-state index < -0.39 is 0 Å². The van der Waals surface area contributed by atoms with E-state index >= 15 is 0 Å². The van der Waals surface area contributed by atoms with Crippen molar-refractivity contribution in [3.8, 4) is 0 Å². The summed E-state index contributed by atoms with van der Waals surface area (Å²) in [5.74, 6) is -0.203. The molecule has 0 spiro atoms. The number of hydrogen-bond acceptors (Lipinski definition) is 3. The van der Waals surface area contributed by atoms with Gasteiger partial charge in [-0.3, -0.25) is 0 Å². The molecule has 2 rings (SSSR count). The van der Waals surface area contributed by atoms with Gasteiger partial charge in [-0.2, -0.15) is 0 Å². The number of ether oxygens (including phenoxy) is 1. The third-order valence-corrected chi connectivity index (χ3v) is 3.21. The zero-order chi connectivity index (χ0) is 12.3. The van der Waals surface area contributed by atoms with Crippen LogP contribution >= 0.6 is 0 Å². The van der Waals surface area contributed by atoms with E-state index in [4.69, 9.17) is 4.74 Å². The second kappa shape index (κ2) is 5.58. The highest BCUT2D eigenvalue weighted by Crippen LogP contribution is 2.22. The molecule has 1 aromatic carbocycles. The molecule has 1 heterocycles. The van der Waals surface area contributed by atoms with E-state index in [0.29, 0.717) is 0 Å². The second-order valence-electron chi connectivity index (χ2n) is 4.49. The Bertz CT molecular complexity index is 355. The first-order valence-electron chi connectivity index (χ1n) is 5.93. The zero-order valence-corrected chi connectivity index (χ0v) is 10.3. The third kappa shape index (κ3) is 3.03. The van der Waals surface area contributed by atoms with E-state index in [1.807, 2.05) is 19.2 Å². The van der Waals surface area contributed by atoms with Gasteiger partial charge in [0.25, 0.3) is 0 Å². The predicted octanol–water partition coefficient (Wildman–Crippen LogP) is 1.42. The number of halogens is 1. The monoisotopic (exact) mass is 238 g/mol. The zero-order valence-electron chi connectivity index (χ0n) is 10.3. The van der Waals surface area contributed by atoms with Crippen molar-refractivity contribution in [1.82, 2.24) is 10.2 Å². The topological polar surface area (TPSA) is 24.5 Å². The maximum Gasteiger partial charge on any atom is 0.123 e. The van der Waals surface area contributed by atoms with Crippen LogP contribution in [0.1, 0.15) is 11.6 Å². The average Bonchev–Trinajstić information content (AvgIpc) is 2.33. The van der Waals surface area contributed by atoms with Crippen LogP contribution in [0.3, 0.4) is 0 Å². The maximum atomic E-state index is 12.9. The fraction of sp³-hybridized carbons (Fsp3) is 0.538. The molecule has 4 heteroatoms. The van der Waals surface area contributed by atoms with Crippen LogP contribution in [0, 0.1) is 5.82 Å². The van der Waals surface area contributed by atoms with Crippen molar-refractivity contribution in [3.05, 3.63) is 35.6 Å². The van der Waals surface area contributed by atoms with Crippen molar-refractivity contribution >= 4 is 0 Å². The van der Waals surface area contributed by atoms with Gasteiger partial charge in [-0.05, 0) is 31.8 Å². The first kappa shape index (κ1) is 12.5. The fourth-order valence-electron chi connectivity index (χ4n) is 2.25. The first-order valence-corrected chi connectivity index (χ1v) is 5.93. The van der Waals surface area contributed by atoms with Crippen molar-refractivity contribution in [2.75, 3.05) is 33.8 Å². The van der Waals surface area contributed by atoms with Crippen LogP contribution < -0.4 is 5.32 Å². The fourth-order valence-corrected chi connectivity index (χ4v) is 2.25. The normalized spacial score (nSPS) is 23.6. The van der Waals surface area contributed by atoms with Gasteiger partial charge in [0.15, 0.2) is 0 Å². The van der Waals surface area contributed by atoms with Crippen molar-refractivity contribution in [3.63, 3.8) is 0 Å². The van der Waals surface area contributed by atoms with Crippen LogP contribution in [0.2, 0.25) is 0 Å². The molecule has 1 saturated heterocycles. The van der Waals surface area contributed by atoms with Crippen molar-refractivity contribution in [2.24, 2.45) is 0 Å². The molecule has 94 valence electrons. The standard InChI is InChI=1S/C13H19FN2O/c1-15-13(10-3-5-11(14)6-4-10)12-9-16(2)7-8-17-12/h3-6,12-13,15H,7-9H2,1-2H3. The Hall–Kier alpha value is -0.970. The highest BCUT2D eigenvalue weighted by molar-refractivity contribution is 5.21. The van der Waals surface area contributed by atoms with Gasteiger partial charge in [0.05, 0.1) is 18.8 Å². The summed E-state index contributed by atoms with van der Waals surface area (Å²) >= 11 is 0. The molecule has 1 aliphatic heterocycles. The molecule has 2 atom stereocenters. The van der Waals surface area contributed by atoms with Gasteiger partial charge in [-0.15, -0.1) is 0 Å². The Morgan fingerprint density at radius 2 is 2.12 bits per heavy atom. The average molecular weight is 238 g/mol. The molecule has 0 saturated carbocycles. The van der Waals surface area contributed by atoms with E-state index in [9.17, 15) is 4.39 Å². The molecule has 0 aliphatic carbocycles. The van der Waals surface area contributed by atoms with Crippen LogP contribution in [0.5, 0.6) is 0 Å². The molecule has 0 amide bonds. The van der Waals surface area contributed by atoms with Crippen molar-refractivity contribution < 1.29 is 9.13 Å². The number of likely N-dealkylation sites (N-methyl/N-ethyl adjacent to an activating group) is 2. The molecule has 17 heavy (non-hydrogen) atoms. The van der Waals surface area contributed by atoms with Gasteiger partial charge in [0.1, 0.15) is 5.82 Å². The lowest BCUT2D eigenvalue weighted by molar-refractivity contribution is -0.0380. The first-order chi connectivity index (χ1) is 8.20. The van der Waals surface area contributed by atoms with Gasteiger partial charge in [-0.25, -0.2) is 4.39 Å². The number of morpholine rings is 1. The minimum atomic E-state index is -0.203. The summed E-state index contributed by atoms with van der Waals surface area (Å²) in [7, 11) is 4.00. The molecule has 1 aliphatic rings. The van der Waals surface area contributed by atoms with Gasteiger partial charge >= 0.3 is 0 Å². The molecule has 0 radical (unpaired) electrons. The maximum absolute atomic E-state index is 12.9. The quantitative estimate of drug-likeness (QED) is 0.862. The molecular formula is C13H19FN2O. The Labute approximate surface area is 102 Å². The number of hydrogen-bond donors (Lipinski definition) is 1. The molecule has 0 bridgehead atoms. The molecule has 1 aromatic rings.